The summed E-state index contributed by atoms with van der Waals surface area (Å²) in [7, 11) is 0. The van der Waals surface area contributed by atoms with E-state index in [0.717, 1.165) is 25.7 Å². The lowest BCUT2D eigenvalue weighted by atomic mass is 9.93. The van der Waals surface area contributed by atoms with Gasteiger partial charge in [-0.05, 0) is 19.3 Å². The van der Waals surface area contributed by atoms with Crippen molar-refractivity contribution in [2.24, 2.45) is 5.73 Å². The van der Waals surface area contributed by atoms with Gasteiger partial charge in [0.1, 0.15) is 6.10 Å². The van der Waals surface area contributed by atoms with E-state index >= 15 is 0 Å². The fourth-order valence-electron chi connectivity index (χ4n) is 1.86. The number of ether oxygens (including phenoxy) is 1. The third-order valence-corrected chi connectivity index (χ3v) is 3.11. The molecule has 6 heteroatoms. The molecule has 0 aromatic carbocycles. The first-order valence-corrected chi connectivity index (χ1v) is 5.71. The highest BCUT2D eigenvalue weighted by Crippen LogP contribution is 2.24. The van der Waals surface area contributed by atoms with Gasteiger partial charge in [-0.15, -0.1) is 0 Å². The minimum atomic E-state index is -0.393. The van der Waals surface area contributed by atoms with Gasteiger partial charge < -0.3 is 15.5 Å². The number of nitrogens with zero attached hydrogens (tertiary/aromatic N) is 1. The Morgan fingerprint density at radius 2 is 2.25 bits per heavy atom. The van der Waals surface area contributed by atoms with Crippen LogP contribution in [-0.4, -0.2) is 22.1 Å². The average Bonchev–Trinajstić information content (AvgIpc) is 2.28. The number of rotatable bonds is 2. The summed E-state index contributed by atoms with van der Waals surface area (Å²) in [5, 5.41) is -0.0136. The summed E-state index contributed by atoms with van der Waals surface area (Å²) >= 11 is 5.79. The predicted molar refractivity (Wildman–Crippen MR) is 60.7 cm³/mol. The Hall–Kier alpha value is -1.07. The lowest BCUT2D eigenvalue weighted by molar-refractivity contribution is 0.126. The Morgan fingerprint density at radius 3 is 3.00 bits per heavy atom. The topological polar surface area (TPSA) is 81.0 Å². The van der Waals surface area contributed by atoms with Gasteiger partial charge >= 0.3 is 0 Å². The minimum absolute atomic E-state index is 0.00842. The first kappa shape index (κ1) is 11.4. The standard InChI is InChI=1S/C10H14ClN3O2/c11-8-9(15)13-5-14-10(8)16-7-4-2-1-3-6(7)12/h5-7H,1-4,12H2,(H,13,14,15). The molecule has 0 radical (unpaired) electrons. The van der Waals surface area contributed by atoms with Crippen LogP contribution >= 0.6 is 11.6 Å². The van der Waals surface area contributed by atoms with Gasteiger partial charge in [-0.2, -0.15) is 0 Å². The van der Waals surface area contributed by atoms with E-state index in [1.54, 1.807) is 0 Å². The van der Waals surface area contributed by atoms with Crippen molar-refractivity contribution in [1.29, 1.82) is 0 Å². The van der Waals surface area contributed by atoms with Crippen molar-refractivity contribution >= 4 is 11.6 Å². The molecule has 0 saturated heterocycles. The van der Waals surface area contributed by atoms with Crippen LogP contribution in [0.2, 0.25) is 5.02 Å². The van der Waals surface area contributed by atoms with Crippen LogP contribution in [0.15, 0.2) is 11.1 Å². The predicted octanol–water partition coefficient (Wildman–Crippen LogP) is 1.07. The van der Waals surface area contributed by atoms with E-state index in [0.29, 0.717) is 0 Å². The van der Waals surface area contributed by atoms with Crippen LogP contribution in [0.4, 0.5) is 0 Å². The third-order valence-electron chi connectivity index (χ3n) is 2.78. The maximum absolute atomic E-state index is 11.2. The largest absolute Gasteiger partial charge is 0.471 e. The lowest BCUT2D eigenvalue weighted by Crippen LogP contribution is -2.41. The molecule has 0 amide bonds. The quantitative estimate of drug-likeness (QED) is 0.814. The van der Waals surface area contributed by atoms with Crippen molar-refractivity contribution in [3.63, 3.8) is 0 Å². The van der Waals surface area contributed by atoms with Crippen LogP contribution in [0, 0.1) is 0 Å². The molecule has 1 fully saturated rings. The van der Waals surface area contributed by atoms with Gasteiger partial charge in [0.05, 0.1) is 6.33 Å². The smallest absolute Gasteiger partial charge is 0.273 e. The molecule has 1 aliphatic carbocycles. The highest BCUT2D eigenvalue weighted by molar-refractivity contribution is 6.31. The van der Waals surface area contributed by atoms with Crippen molar-refractivity contribution in [3.8, 4) is 5.88 Å². The molecule has 2 rings (SSSR count). The van der Waals surface area contributed by atoms with E-state index in [-0.39, 0.29) is 23.0 Å². The number of aromatic amines is 1. The van der Waals surface area contributed by atoms with Crippen molar-refractivity contribution in [2.75, 3.05) is 0 Å². The first-order chi connectivity index (χ1) is 7.68. The van der Waals surface area contributed by atoms with Gasteiger partial charge in [-0.3, -0.25) is 4.79 Å². The Kier molecular flexibility index (Phi) is 3.46. The van der Waals surface area contributed by atoms with Gasteiger partial charge in [0, 0.05) is 6.04 Å². The fourth-order valence-corrected chi connectivity index (χ4v) is 2.01. The Balaban J connectivity index is 2.14. The molecule has 2 atom stereocenters. The number of aromatic nitrogens is 2. The average molecular weight is 244 g/mol. The van der Waals surface area contributed by atoms with E-state index < -0.39 is 5.56 Å². The van der Waals surface area contributed by atoms with Crippen molar-refractivity contribution < 1.29 is 4.74 Å². The number of halogens is 1. The summed E-state index contributed by atoms with van der Waals surface area (Å²) in [6, 6.07) is -0.00842. The molecule has 1 heterocycles. The van der Waals surface area contributed by atoms with E-state index in [4.69, 9.17) is 22.1 Å². The zero-order valence-corrected chi connectivity index (χ0v) is 9.54. The Labute approximate surface area is 98.0 Å². The van der Waals surface area contributed by atoms with Gasteiger partial charge in [0.2, 0.25) is 5.88 Å². The highest BCUT2D eigenvalue weighted by Gasteiger charge is 2.24. The van der Waals surface area contributed by atoms with Crippen LogP contribution in [0.3, 0.4) is 0 Å². The number of hydrogen-bond acceptors (Lipinski definition) is 4. The van der Waals surface area contributed by atoms with Crippen LogP contribution in [0.1, 0.15) is 25.7 Å². The SMILES string of the molecule is NC1CCCCC1Oc1nc[nH]c(=O)c1Cl. The molecule has 5 nitrogen and oxygen atoms in total. The zero-order chi connectivity index (χ0) is 11.5. The van der Waals surface area contributed by atoms with Gasteiger partial charge in [-0.25, -0.2) is 4.98 Å². The summed E-state index contributed by atoms with van der Waals surface area (Å²) < 4.78 is 5.59. The lowest BCUT2D eigenvalue weighted by Gasteiger charge is -2.28. The monoisotopic (exact) mass is 243 g/mol. The van der Waals surface area contributed by atoms with E-state index in [1.807, 2.05) is 0 Å². The van der Waals surface area contributed by atoms with Crippen LogP contribution in [-0.2, 0) is 0 Å². The molecule has 2 unspecified atom stereocenters. The zero-order valence-electron chi connectivity index (χ0n) is 8.78. The number of H-pyrrole nitrogens is 1. The maximum Gasteiger partial charge on any atom is 0.273 e. The fraction of sp³-hybridized carbons (Fsp3) is 0.600. The summed E-state index contributed by atoms with van der Waals surface area (Å²) in [5.41, 5.74) is 5.54. The maximum atomic E-state index is 11.2. The highest BCUT2D eigenvalue weighted by atomic mass is 35.5. The summed E-state index contributed by atoms with van der Waals surface area (Å²) in [4.78, 5) is 17.5. The Bertz CT molecular complexity index is 421. The van der Waals surface area contributed by atoms with E-state index in [2.05, 4.69) is 9.97 Å². The second-order valence-corrected chi connectivity index (χ2v) is 4.33. The molecule has 0 spiro atoms. The number of nitrogens with two attached hydrogens (primary N) is 1. The second-order valence-electron chi connectivity index (χ2n) is 3.96. The molecule has 1 aliphatic rings. The molecule has 16 heavy (non-hydrogen) atoms. The second kappa shape index (κ2) is 4.84. The minimum Gasteiger partial charge on any atom is -0.471 e. The molecular weight excluding hydrogens is 230 g/mol. The number of nitrogens with one attached hydrogen (secondary N) is 1. The van der Waals surface area contributed by atoms with Crippen LogP contribution in [0.25, 0.3) is 0 Å². The van der Waals surface area contributed by atoms with Crippen LogP contribution < -0.4 is 16.0 Å². The summed E-state index contributed by atoms with van der Waals surface area (Å²) in [5.74, 6) is 0.174. The molecule has 1 saturated carbocycles. The summed E-state index contributed by atoms with van der Waals surface area (Å²) in [6.45, 7) is 0. The molecule has 1 aromatic heterocycles. The molecule has 88 valence electrons. The first-order valence-electron chi connectivity index (χ1n) is 5.34. The van der Waals surface area contributed by atoms with Gasteiger partial charge in [-0.1, -0.05) is 18.0 Å². The molecule has 1 aromatic rings. The Morgan fingerprint density at radius 1 is 1.50 bits per heavy atom. The normalized spacial score (nSPS) is 25.4. The number of hydrogen-bond donors (Lipinski definition) is 2. The molecule has 0 aliphatic heterocycles. The molecular formula is C10H14ClN3O2. The van der Waals surface area contributed by atoms with Gasteiger partial charge in [0.25, 0.3) is 5.56 Å². The van der Waals surface area contributed by atoms with E-state index in [1.165, 1.54) is 6.33 Å². The summed E-state index contributed by atoms with van der Waals surface area (Å²) in [6.07, 6.45) is 5.20. The van der Waals surface area contributed by atoms with Gasteiger partial charge in [0.15, 0.2) is 5.02 Å². The third kappa shape index (κ3) is 2.36. The van der Waals surface area contributed by atoms with Crippen molar-refractivity contribution in [2.45, 2.75) is 37.8 Å². The van der Waals surface area contributed by atoms with Crippen molar-refractivity contribution in [1.82, 2.24) is 9.97 Å². The van der Waals surface area contributed by atoms with Crippen molar-refractivity contribution in [3.05, 3.63) is 21.7 Å². The van der Waals surface area contributed by atoms with E-state index in [9.17, 15) is 4.79 Å². The molecule has 3 N–H and O–H groups in total. The molecule has 0 bridgehead atoms. The van der Waals surface area contributed by atoms with Crippen LogP contribution in [0.5, 0.6) is 5.88 Å².